The number of hydrazine groups is 1. The van der Waals surface area contributed by atoms with Crippen molar-refractivity contribution in [2.24, 2.45) is 17.7 Å². The Morgan fingerprint density at radius 1 is 1.30 bits per heavy atom. The zero-order valence-electron chi connectivity index (χ0n) is 12.4. The number of nitrogens with two attached hydrogens (primary N) is 1. The maximum atomic E-state index is 11.9. The van der Waals surface area contributed by atoms with Crippen molar-refractivity contribution in [3.8, 4) is 0 Å². The molecule has 0 radical (unpaired) electrons. The van der Waals surface area contributed by atoms with Crippen molar-refractivity contribution in [2.75, 3.05) is 0 Å². The van der Waals surface area contributed by atoms with Crippen molar-refractivity contribution in [3.63, 3.8) is 0 Å². The summed E-state index contributed by atoms with van der Waals surface area (Å²) in [5, 5.41) is 11.3. The summed E-state index contributed by atoms with van der Waals surface area (Å²) in [5.41, 5.74) is 1.58. The standard InChI is InChI=1S/C14H27N3O3/c1-14(2,16-13(19)20)9-11(12(18)17-15)8-10-6-4-3-5-7-10/h10-11,16H,3-9,15H2,1-2H3,(H,17,18)(H,19,20)/t11-/m0/s1. The van der Waals surface area contributed by atoms with Crippen molar-refractivity contribution in [1.82, 2.24) is 10.7 Å². The molecule has 6 heteroatoms. The summed E-state index contributed by atoms with van der Waals surface area (Å²) in [5.74, 6) is 5.37. The number of hydrogen-bond donors (Lipinski definition) is 4. The van der Waals surface area contributed by atoms with Crippen molar-refractivity contribution in [3.05, 3.63) is 0 Å². The van der Waals surface area contributed by atoms with Gasteiger partial charge >= 0.3 is 6.09 Å². The molecule has 1 aliphatic carbocycles. The van der Waals surface area contributed by atoms with Crippen LogP contribution in [0, 0.1) is 11.8 Å². The van der Waals surface area contributed by atoms with Crippen LogP contribution in [0.15, 0.2) is 0 Å². The van der Waals surface area contributed by atoms with Crippen LogP contribution in [-0.2, 0) is 4.79 Å². The third-order valence-corrected chi connectivity index (χ3v) is 4.06. The summed E-state index contributed by atoms with van der Waals surface area (Å²) in [7, 11) is 0. The molecule has 5 N–H and O–H groups in total. The van der Waals surface area contributed by atoms with Crippen LogP contribution >= 0.6 is 0 Å². The first-order valence-electron chi connectivity index (χ1n) is 7.35. The average Bonchev–Trinajstić information content (AvgIpc) is 2.36. The number of hydrogen-bond acceptors (Lipinski definition) is 3. The summed E-state index contributed by atoms with van der Waals surface area (Å²) in [6.45, 7) is 3.58. The summed E-state index contributed by atoms with van der Waals surface area (Å²) in [6.07, 6.45) is 6.20. The highest BCUT2D eigenvalue weighted by Gasteiger charge is 2.31. The molecule has 0 heterocycles. The van der Waals surface area contributed by atoms with Crippen molar-refractivity contribution >= 4 is 12.0 Å². The number of carbonyl (C=O) groups excluding carboxylic acids is 1. The van der Waals surface area contributed by atoms with Gasteiger partial charge in [0, 0.05) is 11.5 Å². The Kier molecular flexibility index (Phi) is 6.26. The Hall–Kier alpha value is -1.30. The second-order valence-corrected chi connectivity index (χ2v) is 6.46. The van der Waals surface area contributed by atoms with Gasteiger partial charge in [0.05, 0.1) is 0 Å². The zero-order valence-corrected chi connectivity index (χ0v) is 12.4. The molecule has 1 saturated carbocycles. The van der Waals surface area contributed by atoms with E-state index >= 15 is 0 Å². The van der Waals surface area contributed by atoms with Gasteiger partial charge in [-0.1, -0.05) is 32.1 Å². The lowest BCUT2D eigenvalue weighted by Gasteiger charge is -2.31. The van der Waals surface area contributed by atoms with Gasteiger partial charge in [-0.3, -0.25) is 10.2 Å². The van der Waals surface area contributed by atoms with Gasteiger partial charge < -0.3 is 10.4 Å². The fraction of sp³-hybridized carbons (Fsp3) is 0.857. The second kappa shape index (κ2) is 7.47. The Morgan fingerprint density at radius 2 is 1.90 bits per heavy atom. The highest BCUT2D eigenvalue weighted by atomic mass is 16.4. The fourth-order valence-corrected chi connectivity index (χ4v) is 3.18. The lowest BCUT2D eigenvalue weighted by Crippen LogP contribution is -2.47. The highest BCUT2D eigenvalue weighted by molar-refractivity contribution is 5.78. The normalized spacial score (nSPS) is 18.4. The monoisotopic (exact) mass is 285 g/mol. The van der Waals surface area contributed by atoms with Crippen LogP contribution in [0.5, 0.6) is 0 Å². The number of nitrogens with one attached hydrogen (secondary N) is 2. The van der Waals surface area contributed by atoms with E-state index < -0.39 is 11.6 Å². The van der Waals surface area contributed by atoms with E-state index in [1.54, 1.807) is 13.8 Å². The highest BCUT2D eigenvalue weighted by Crippen LogP contribution is 2.32. The van der Waals surface area contributed by atoms with Crippen molar-refractivity contribution in [1.29, 1.82) is 0 Å². The molecule has 2 amide bonds. The predicted octanol–water partition coefficient (Wildman–Crippen LogP) is 2.00. The van der Waals surface area contributed by atoms with Gasteiger partial charge in [-0.15, -0.1) is 0 Å². The molecule has 6 nitrogen and oxygen atoms in total. The van der Waals surface area contributed by atoms with Gasteiger partial charge in [0.15, 0.2) is 0 Å². The Labute approximate surface area is 120 Å². The molecule has 0 bridgehead atoms. The predicted molar refractivity (Wildman–Crippen MR) is 76.9 cm³/mol. The van der Waals surface area contributed by atoms with E-state index in [0.717, 1.165) is 19.3 Å². The molecule has 20 heavy (non-hydrogen) atoms. The Balaban J connectivity index is 2.63. The molecule has 1 aliphatic rings. The van der Waals surface area contributed by atoms with Crippen LogP contribution < -0.4 is 16.6 Å². The molecular weight excluding hydrogens is 258 g/mol. The van der Waals surface area contributed by atoms with E-state index in [2.05, 4.69) is 10.7 Å². The Bertz CT molecular complexity index is 339. The lowest BCUT2D eigenvalue weighted by molar-refractivity contribution is -0.126. The third-order valence-electron chi connectivity index (χ3n) is 4.06. The molecule has 1 fully saturated rings. The second-order valence-electron chi connectivity index (χ2n) is 6.46. The maximum Gasteiger partial charge on any atom is 0.405 e. The molecule has 0 spiro atoms. The van der Waals surface area contributed by atoms with E-state index in [4.69, 9.17) is 10.9 Å². The molecule has 0 aromatic carbocycles. The molecule has 116 valence electrons. The van der Waals surface area contributed by atoms with Crippen molar-refractivity contribution in [2.45, 2.75) is 64.3 Å². The van der Waals surface area contributed by atoms with Gasteiger partial charge in [0.25, 0.3) is 0 Å². The maximum absolute atomic E-state index is 11.9. The summed E-state index contributed by atoms with van der Waals surface area (Å²) >= 11 is 0. The summed E-state index contributed by atoms with van der Waals surface area (Å²) in [4.78, 5) is 22.7. The largest absolute Gasteiger partial charge is 0.465 e. The number of carbonyl (C=O) groups is 2. The van der Waals surface area contributed by atoms with Gasteiger partial charge in [0.2, 0.25) is 5.91 Å². The minimum atomic E-state index is -1.07. The van der Waals surface area contributed by atoms with E-state index in [0.29, 0.717) is 12.3 Å². The zero-order chi connectivity index (χ0) is 15.2. The molecular formula is C14H27N3O3. The van der Waals surface area contributed by atoms with E-state index in [-0.39, 0.29) is 11.8 Å². The fourth-order valence-electron chi connectivity index (χ4n) is 3.18. The quantitative estimate of drug-likeness (QED) is 0.340. The van der Waals surface area contributed by atoms with E-state index in [1.807, 2.05) is 0 Å². The van der Waals surface area contributed by atoms with E-state index in [9.17, 15) is 9.59 Å². The summed E-state index contributed by atoms with van der Waals surface area (Å²) < 4.78 is 0. The molecule has 0 aromatic heterocycles. The first-order valence-corrected chi connectivity index (χ1v) is 7.35. The number of amides is 2. The first-order chi connectivity index (χ1) is 9.34. The van der Waals surface area contributed by atoms with Crippen LogP contribution in [0.3, 0.4) is 0 Å². The van der Waals surface area contributed by atoms with Gasteiger partial charge in [0.1, 0.15) is 0 Å². The number of carboxylic acid groups (broad SMARTS) is 1. The first kappa shape index (κ1) is 16.8. The van der Waals surface area contributed by atoms with Crippen LogP contribution in [0.25, 0.3) is 0 Å². The SMILES string of the molecule is CC(C)(C[C@H](CC1CCCCC1)C(=O)NN)NC(=O)O. The van der Waals surface area contributed by atoms with Gasteiger partial charge in [-0.05, 0) is 32.6 Å². The Morgan fingerprint density at radius 3 is 2.40 bits per heavy atom. The molecule has 1 atom stereocenters. The van der Waals surface area contributed by atoms with Crippen LogP contribution in [-0.4, -0.2) is 22.6 Å². The molecule has 0 aliphatic heterocycles. The van der Waals surface area contributed by atoms with Crippen LogP contribution in [0.1, 0.15) is 58.8 Å². The minimum absolute atomic E-state index is 0.198. The van der Waals surface area contributed by atoms with Crippen LogP contribution in [0.2, 0.25) is 0 Å². The van der Waals surface area contributed by atoms with Crippen molar-refractivity contribution < 1.29 is 14.7 Å². The van der Waals surface area contributed by atoms with Gasteiger partial charge in [-0.2, -0.15) is 0 Å². The molecule has 1 rings (SSSR count). The van der Waals surface area contributed by atoms with E-state index in [1.165, 1.54) is 19.3 Å². The summed E-state index contributed by atoms with van der Waals surface area (Å²) in [6, 6.07) is 0. The van der Waals surface area contributed by atoms with Crippen LogP contribution in [0.4, 0.5) is 4.79 Å². The topological polar surface area (TPSA) is 104 Å². The molecule has 0 unspecified atom stereocenters. The molecule has 0 aromatic rings. The van der Waals surface area contributed by atoms with Gasteiger partial charge in [-0.25, -0.2) is 10.6 Å². The third kappa shape index (κ3) is 5.77. The minimum Gasteiger partial charge on any atom is -0.465 e. The molecule has 0 saturated heterocycles. The number of rotatable bonds is 6. The average molecular weight is 285 g/mol. The smallest absolute Gasteiger partial charge is 0.405 e. The lowest BCUT2D eigenvalue weighted by atomic mass is 9.78.